The first-order valence-electron chi connectivity index (χ1n) is 5.96. The topological polar surface area (TPSA) is 41.1 Å². The maximum atomic E-state index is 4.21. The van der Waals surface area contributed by atoms with E-state index in [1.54, 1.807) is 11.3 Å². The molecule has 1 aromatic heterocycles. The van der Waals surface area contributed by atoms with E-state index in [2.05, 4.69) is 47.6 Å². The van der Waals surface area contributed by atoms with E-state index in [1.165, 1.54) is 12.2 Å². The quantitative estimate of drug-likeness (QED) is 0.789. The summed E-state index contributed by atoms with van der Waals surface area (Å²) < 4.78 is 0. The van der Waals surface area contributed by atoms with Gasteiger partial charge in [0.1, 0.15) is 5.01 Å². The van der Waals surface area contributed by atoms with Crippen LogP contribution < -0.4 is 5.32 Å². The number of aromatic nitrogens is 2. The van der Waals surface area contributed by atoms with E-state index in [9.17, 15) is 0 Å². The second-order valence-electron chi connectivity index (χ2n) is 3.96. The SMILES string of the molecule is CCNc1nnc(CN(C)C(CC)CSC)s1. The molecule has 0 amide bonds. The van der Waals surface area contributed by atoms with E-state index in [-0.39, 0.29) is 0 Å². The van der Waals surface area contributed by atoms with Gasteiger partial charge in [0.25, 0.3) is 0 Å². The Morgan fingerprint density at radius 2 is 2.18 bits per heavy atom. The number of thioether (sulfide) groups is 1. The molecule has 1 aromatic rings. The molecule has 0 spiro atoms. The second kappa shape index (κ2) is 7.89. The van der Waals surface area contributed by atoms with Crippen molar-refractivity contribution in [1.29, 1.82) is 0 Å². The smallest absolute Gasteiger partial charge is 0.205 e. The van der Waals surface area contributed by atoms with Gasteiger partial charge in [0.05, 0.1) is 6.54 Å². The number of rotatable bonds is 8. The largest absolute Gasteiger partial charge is 0.360 e. The van der Waals surface area contributed by atoms with Crippen LogP contribution in [-0.2, 0) is 6.54 Å². The van der Waals surface area contributed by atoms with Crippen molar-refractivity contribution >= 4 is 28.2 Å². The predicted molar refractivity (Wildman–Crippen MR) is 78.0 cm³/mol. The average Bonchev–Trinajstić information content (AvgIpc) is 2.73. The summed E-state index contributed by atoms with van der Waals surface area (Å²) in [5.74, 6) is 1.17. The Labute approximate surface area is 112 Å². The van der Waals surface area contributed by atoms with Gasteiger partial charge in [-0.1, -0.05) is 18.3 Å². The first-order valence-corrected chi connectivity index (χ1v) is 8.17. The third-order valence-electron chi connectivity index (χ3n) is 2.63. The second-order valence-corrected chi connectivity index (χ2v) is 5.94. The molecule has 0 fully saturated rings. The van der Waals surface area contributed by atoms with Gasteiger partial charge in [-0.25, -0.2) is 0 Å². The van der Waals surface area contributed by atoms with Crippen molar-refractivity contribution in [3.63, 3.8) is 0 Å². The zero-order chi connectivity index (χ0) is 12.7. The molecule has 0 saturated carbocycles. The summed E-state index contributed by atoms with van der Waals surface area (Å²) in [6.07, 6.45) is 3.33. The Balaban J connectivity index is 2.50. The molecule has 0 radical (unpaired) electrons. The molecule has 0 bridgehead atoms. The van der Waals surface area contributed by atoms with Crippen LogP contribution in [0.3, 0.4) is 0 Å². The van der Waals surface area contributed by atoms with Crippen LogP contribution in [-0.4, -0.2) is 46.7 Å². The third-order valence-corrected chi connectivity index (χ3v) is 4.22. The standard InChI is InChI=1S/C11H22N4S2/c1-5-9(8-16-4)15(3)7-10-13-14-11(17-10)12-6-2/h9H,5-8H2,1-4H3,(H,12,14). The van der Waals surface area contributed by atoms with Crippen LogP contribution in [0.15, 0.2) is 0 Å². The number of anilines is 1. The highest BCUT2D eigenvalue weighted by molar-refractivity contribution is 7.98. The zero-order valence-corrected chi connectivity index (χ0v) is 12.7. The van der Waals surface area contributed by atoms with Crippen molar-refractivity contribution in [1.82, 2.24) is 15.1 Å². The fraction of sp³-hybridized carbons (Fsp3) is 0.818. The molecule has 0 aliphatic heterocycles. The molecule has 1 atom stereocenters. The monoisotopic (exact) mass is 274 g/mol. The normalized spacial score (nSPS) is 13.0. The van der Waals surface area contributed by atoms with Crippen LogP contribution in [0.5, 0.6) is 0 Å². The van der Waals surface area contributed by atoms with Crippen LogP contribution in [0.4, 0.5) is 5.13 Å². The van der Waals surface area contributed by atoms with Gasteiger partial charge in [0.15, 0.2) is 0 Å². The van der Waals surface area contributed by atoms with Crippen molar-refractivity contribution in [3.05, 3.63) is 5.01 Å². The van der Waals surface area contributed by atoms with E-state index in [1.807, 2.05) is 11.8 Å². The maximum Gasteiger partial charge on any atom is 0.205 e. The Morgan fingerprint density at radius 1 is 1.41 bits per heavy atom. The van der Waals surface area contributed by atoms with Crippen molar-refractivity contribution < 1.29 is 0 Å². The van der Waals surface area contributed by atoms with Gasteiger partial charge in [-0.05, 0) is 26.6 Å². The average molecular weight is 274 g/mol. The number of hydrogen-bond donors (Lipinski definition) is 1. The fourth-order valence-corrected chi connectivity index (χ4v) is 3.38. The molecule has 1 unspecified atom stereocenters. The molecule has 6 heteroatoms. The van der Waals surface area contributed by atoms with Gasteiger partial charge in [0.2, 0.25) is 5.13 Å². The summed E-state index contributed by atoms with van der Waals surface area (Å²) in [5, 5.41) is 13.5. The summed E-state index contributed by atoms with van der Waals surface area (Å²) in [6.45, 7) is 6.09. The molecular formula is C11H22N4S2. The van der Waals surface area contributed by atoms with Crippen LogP contribution >= 0.6 is 23.1 Å². The van der Waals surface area contributed by atoms with Gasteiger partial charge in [0, 0.05) is 18.3 Å². The van der Waals surface area contributed by atoms with Crippen molar-refractivity contribution in [3.8, 4) is 0 Å². The van der Waals surface area contributed by atoms with E-state index in [0.717, 1.165) is 23.2 Å². The Morgan fingerprint density at radius 3 is 2.76 bits per heavy atom. The minimum absolute atomic E-state index is 0.622. The Bertz CT molecular complexity index is 316. The van der Waals surface area contributed by atoms with Crippen molar-refractivity contribution in [2.75, 3.05) is 30.9 Å². The number of nitrogens with zero attached hydrogens (tertiary/aromatic N) is 3. The van der Waals surface area contributed by atoms with Gasteiger partial charge >= 0.3 is 0 Å². The molecule has 0 aliphatic carbocycles. The summed E-state index contributed by atoms with van der Waals surface area (Å²) >= 11 is 3.55. The third kappa shape index (κ3) is 4.81. The molecule has 1 rings (SSSR count). The summed E-state index contributed by atoms with van der Waals surface area (Å²) in [6, 6.07) is 0.622. The molecular weight excluding hydrogens is 252 g/mol. The predicted octanol–water partition coefficient (Wildman–Crippen LogP) is 2.54. The number of hydrogen-bond acceptors (Lipinski definition) is 6. The molecule has 0 saturated heterocycles. The van der Waals surface area contributed by atoms with Gasteiger partial charge < -0.3 is 5.32 Å². The molecule has 17 heavy (non-hydrogen) atoms. The molecule has 98 valence electrons. The lowest BCUT2D eigenvalue weighted by Gasteiger charge is -2.25. The van der Waals surface area contributed by atoms with E-state index in [0.29, 0.717) is 6.04 Å². The van der Waals surface area contributed by atoms with Crippen LogP contribution in [0.25, 0.3) is 0 Å². The first kappa shape index (κ1) is 14.7. The Hall–Kier alpha value is -0.330. The minimum Gasteiger partial charge on any atom is -0.360 e. The zero-order valence-electron chi connectivity index (χ0n) is 11.1. The molecule has 0 aliphatic rings. The maximum absolute atomic E-state index is 4.21. The van der Waals surface area contributed by atoms with Gasteiger partial charge in [-0.3, -0.25) is 4.90 Å². The highest BCUT2D eigenvalue weighted by atomic mass is 32.2. The lowest BCUT2D eigenvalue weighted by Crippen LogP contribution is -2.32. The van der Waals surface area contributed by atoms with E-state index in [4.69, 9.17) is 0 Å². The highest BCUT2D eigenvalue weighted by Crippen LogP contribution is 2.18. The summed E-state index contributed by atoms with van der Waals surface area (Å²) in [4.78, 5) is 2.37. The van der Waals surface area contributed by atoms with Crippen LogP contribution in [0.2, 0.25) is 0 Å². The first-order chi connectivity index (χ1) is 8.21. The van der Waals surface area contributed by atoms with Gasteiger partial charge in [-0.15, -0.1) is 10.2 Å². The van der Waals surface area contributed by atoms with E-state index >= 15 is 0 Å². The molecule has 1 heterocycles. The lowest BCUT2D eigenvalue weighted by atomic mass is 10.2. The highest BCUT2D eigenvalue weighted by Gasteiger charge is 2.14. The minimum atomic E-state index is 0.622. The fourth-order valence-electron chi connectivity index (χ4n) is 1.63. The lowest BCUT2D eigenvalue weighted by molar-refractivity contribution is 0.247. The van der Waals surface area contributed by atoms with Crippen LogP contribution in [0, 0.1) is 0 Å². The Kier molecular flexibility index (Phi) is 6.84. The number of nitrogens with one attached hydrogen (secondary N) is 1. The summed E-state index contributed by atoms with van der Waals surface area (Å²) in [5.41, 5.74) is 0. The van der Waals surface area contributed by atoms with E-state index < -0.39 is 0 Å². The van der Waals surface area contributed by atoms with Crippen LogP contribution in [0.1, 0.15) is 25.3 Å². The molecule has 4 nitrogen and oxygen atoms in total. The summed E-state index contributed by atoms with van der Waals surface area (Å²) in [7, 11) is 2.17. The van der Waals surface area contributed by atoms with Crippen molar-refractivity contribution in [2.24, 2.45) is 0 Å². The molecule has 1 N–H and O–H groups in total. The van der Waals surface area contributed by atoms with Crippen molar-refractivity contribution in [2.45, 2.75) is 32.9 Å². The molecule has 0 aromatic carbocycles. The van der Waals surface area contributed by atoms with Gasteiger partial charge in [-0.2, -0.15) is 11.8 Å².